The Kier molecular flexibility index (Phi) is 7.68. The fourth-order valence-electron chi connectivity index (χ4n) is 2.64. The molecule has 0 spiro atoms. The van der Waals surface area contributed by atoms with Crippen LogP contribution < -0.4 is 9.46 Å². The number of aliphatic carboxylic acids is 1. The average molecular weight is 471 g/mol. The Bertz CT molecular complexity index is 1170. The van der Waals surface area contributed by atoms with Crippen LogP contribution in [0.4, 0.5) is 5.69 Å². The zero-order chi connectivity index (χ0) is 23.4. The van der Waals surface area contributed by atoms with Gasteiger partial charge in [0, 0.05) is 20.5 Å². The van der Waals surface area contributed by atoms with Crippen molar-refractivity contribution in [3.05, 3.63) is 47.5 Å². The van der Waals surface area contributed by atoms with Gasteiger partial charge in [0.2, 0.25) is 10.0 Å². The van der Waals surface area contributed by atoms with Crippen molar-refractivity contribution in [2.75, 3.05) is 25.4 Å². The highest BCUT2D eigenvalue weighted by Gasteiger charge is 2.21. The highest BCUT2D eigenvalue weighted by molar-refractivity contribution is 7.92. The van der Waals surface area contributed by atoms with Gasteiger partial charge in [-0.25, -0.2) is 21.1 Å². The molecule has 0 bridgehead atoms. The van der Waals surface area contributed by atoms with Gasteiger partial charge >= 0.3 is 5.97 Å². The van der Waals surface area contributed by atoms with Gasteiger partial charge in [-0.1, -0.05) is 6.07 Å². The molecular formula is C20H26N2O7S2. The summed E-state index contributed by atoms with van der Waals surface area (Å²) in [4.78, 5) is 10.5. The predicted molar refractivity (Wildman–Crippen MR) is 116 cm³/mol. The Morgan fingerprint density at radius 2 is 1.65 bits per heavy atom. The Morgan fingerprint density at radius 1 is 1.00 bits per heavy atom. The number of carboxylic acid groups (broad SMARTS) is 1. The van der Waals surface area contributed by atoms with Gasteiger partial charge in [0.15, 0.2) is 0 Å². The SMILES string of the molecule is Cc1ccc(S(=O)(=O)N(C)C)cc1NS(=O)(=O)c1ccc(OCCCC(=O)O)c(C)c1. The lowest BCUT2D eigenvalue weighted by molar-refractivity contribution is -0.137. The molecule has 0 aromatic heterocycles. The minimum atomic E-state index is -3.99. The first kappa shape index (κ1) is 24.6. The van der Waals surface area contributed by atoms with E-state index in [1.807, 2.05) is 0 Å². The predicted octanol–water partition coefficient (Wildman–Crippen LogP) is 2.60. The van der Waals surface area contributed by atoms with Crippen molar-refractivity contribution in [1.29, 1.82) is 0 Å². The van der Waals surface area contributed by atoms with Crippen LogP contribution in [0.25, 0.3) is 0 Å². The Labute approximate surface area is 182 Å². The smallest absolute Gasteiger partial charge is 0.303 e. The van der Waals surface area contributed by atoms with Crippen LogP contribution in [-0.4, -0.2) is 52.9 Å². The van der Waals surface area contributed by atoms with Crippen LogP contribution in [0.15, 0.2) is 46.2 Å². The van der Waals surface area contributed by atoms with Crippen molar-refractivity contribution < 1.29 is 31.5 Å². The summed E-state index contributed by atoms with van der Waals surface area (Å²) in [6.07, 6.45) is 0.319. The second-order valence-electron chi connectivity index (χ2n) is 7.14. The van der Waals surface area contributed by atoms with Crippen molar-refractivity contribution in [2.45, 2.75) is 36.5 Å². The molecule has 0 aliphatic rings. The standard InChI is InChI=1S/C20H26N2O7S2/c1-14-7-8-17(31(27,28)22(3)4)13-18(14)21-30(25,26)16-9-10-19(15(2)12-16)29-11-5-6-20(23)24/h7-10,12-13,21H,5-6,11H2,1-4H3,(H,23,24). The fraction of sp³-hybridized carbons (Fsp3) is 0.350. The second kappa shape index (κ2) is 9.67. The van der Waals surface area contributed by atoms with Crippen LogP contribution >= 0.6 is 0 Å². The van der Waals surface area contributed by atoms with Gasteiger partial charge in [0.1, 0.15) is 5.75 Å². The molecule has 0 unspecified atom stereocenters. The summed E-state index contributed by atoms with van der Waals surface area (Å²) in [6.45, 7) is 3.55. The molecule has 170 valence electrons. The molecule has 0 saturated heterocycles. The van der Waals surface area contributed by atoms with Gasteiger partial charge in [0.05, 0.1) is 22.1 Å². The van der Waals surface area contributed by atoms with E-state index in [0.29, 0.717) is 23.3 Å². The van der Waals surface area contributed by atoms with E-state index in [1.165, 1.54) is 50.5 Å². The van der Waals surface area contributed by atoms with Crippen LogP contribution in [0.3, 0.4) is 0 Å². The lowest BCUT2D eigenvalue weighted by atomic mass is 10.2. The van der Waals surface area contributed by atoms with Gasteiger partial charge in [-0.15, -0.1) is 0 Å². The number of hydrogen-bond acceptors (Lipinski definition) is 6. The summed E-state index contributed by atoms with van der Waals surface area (Å²) < 4.78 is 59.5. The third-order valence-corrected chi connectivity index (χ3v) is 7.66. The summed E-state index contributed by atoms with van der Waals surface area (Å²) in [5, 5.41) is 8.66. The number of sulfonamides is 2. The lowest BCUT2D eigenvalue weighted by Gasteiger charge is -2.16. The van der Waals surface area contributed by atoms with E-state index in [4.69, 9.17) is 9.84 Å². The second-order valence-corrected chi connectivity index (χ2v) is 11.0. The molecule has 9 nitrogen and oxygen atoms in total. The average Bonchev–Trinajstić information content (AvgIpc) is 2.67. The van der Waals surface area contributed by atoms with Crippen LogP contribution in [0.5, 0.6) is 5.75 Å². The van der Waals surface area contributed by atoms with Crippen molar-refractivity contribution in [2.24, 2.45) is 0 Å². The summed E-state index contributed by atoms with van der Waals surface area (Å²) in [5.41, 5.74) is 1.30. The van der Waals surface area contributed by atoms with E-state index in [1.54, 1.807) is 13.8 Å². The van der Waals surface area contributed by atoms with Gasteiger partial charge in [-0.2, -0.15) is 0 Å². The number of nitrogens with one attached hydrogen (secondary N) is 1. The maximum Gasteiger partial charge on any atom is 0.303 e. The molecule has 0 aliphatic heterocycles. The highest BCUT2D eigenvalue weighted by Crippen LogP contribution is 2.27. The van der Waals surface area contributed by atoms with E-state index in [2.05, 4.69) is 4.72 Å². The Balaban J connectivity index is 2.25. The quantitative estimate of drug-likeness (QED) is 0.510. The van der Waals surface area contributed by atoms with Crippen molar-refractivity contribution >= 4 is 31.7 Å². The maximum atomic E-state index is 12.9. The lowest BCUT2D eigenvalue weighted by Crippen LogP contribution is -2.22. The van der Waals surface area contributed by atoms with E-state index in [9.17, 15) is 21.6 Å². The number of nitrogens with zero attached hydrogens (tertiary/aromatic N) is 1. The van der Waals surface area contributed by atoms with E-state index in [-0.39, 0.29) is 28.5 Å². The number of benzene rings is 2. The molecular weight excluding hydrogens is 444 g/mol. The largest absolute Gasteiger partial charge is 0.493 e. The zero-order valence-corrected chi connectivity index (χ0v) is 19.4. The zero-order valence-electron chi connectivity index (χ0n) is 17.7. The third kappa shape index (κ3) is 6.18. The molecule has 0 saturated carbocycles. The number of ether oxygens (including phenoxy) is 1. The minimum Gasteiger partial charge on any atom is -0.493 e. The Hall–Kier alpha value is -2.63. The molecule has 0 aliphatic carbocycles. The molecule has 2 aromatic rings. The third-order valence-electron chi connectivity index (χ3n) is 4.48. The van der Waals surface area contributed by atoms with Crippen LogP contribution in [0.1, 0.15) is 24.0 Å². The van der Waals surface area contributed by atoms with Crippen LogP contribution in [-0.2, 0) is 24.8 Å². The molecule has 0 radical (unpaired) electrons. The van der Waals surface area contributed by atoms with E-state index < -0.39 is 26.0 Å². The van der Waals surface area contributed by atoms with Crippen molar-refractivity contribution in [3.63, 3.8) is 0 Å². The van der Waals surface area contributed by atoms with Crippen LogP contribution in [0.2, 0.25) is 0 Å². The number of anilines is 1. The molecule has 0 heterocycles. The summed E-state index contributed by atoms with van der Waals surface area (Å²) >= 11 is 0. The van der Waals surface area contributed by atoms with Crippen LogP contribution in [0, 0.1) is 13.8 Å². The summed E-state index contributed by atoms with van der Waals surface area (Å²) in [5.74, 6) is -0.454. The number of carbonyl (C=O) groups is 1. The van der Waals surface area contributed by atoms with Gasteiger partial charge in [-0.05, 0) is 61.7 Å². The van der Waals surface area contributed by atoms with Gasteiger partial charge < -0.3 is 9.84 Å². The van der Waals surface area contributed by atoms with E-state index >= 15 is 0 Å². The summed E-state index contributed by atoms with van der Waals surface area (Å²) in [7, 11) is -4.91. The molecule has 0 amide bonds. The number of hydrogen-bond donors (Lipinski definition) is 2. The Morgan fingerprint density at radius 3 is 2.23 bits per heavy atom. The van der Waals surface area contributed by atoms with E-state index in [0.717, 1.165) is 4.31 Å². The molecule has 31 heavy (non-hydrogen) atoms. The highest BCUT2D eigenvalue weighted by atomic mass is 32.2. The molecule has 0 atom stereocenters. The first-order chi connectivity index (χ1) is 14.3. The maximum absolute atomic E-state index is 12.9. The normalized spacial score (nSPS) is 12.0. The minimum absolute atomic E-state index is 0.0110. The topological polar surface area (TPSA) is 130 Å². The van der Waals surface area contributed by atoms with Crippen molar-refractivity contribution in [1.82, 2.24) is 4.31 Å². The van der Waals surface area contributed by atoms with Gasteiger partial charge in [-0.3, -0.25) is 9.52 Å². The fourth-order valence-corrected chi connectivity index (χ4v) is 4.78. The number of carboxylic acids is 1. The monoisotopic (exact) mass is 470 g/mol. The molecule has 2 aromatic carbocycles. The van der Waals surface area contributed by atoms with Gasteiger partial charge in [0.25, 0.3) is 10.0 Å². The molecule has 2 rings (SSSR count). The van der Waals surface area contributed by atoms with Crippen molar-refractivity contribution in [3.8, 4) is 5.75 Å². The molecule has 0 fully saturated rings. The molecule has 11 heteroatoms. The number of rotatable bonds is 10. The number of aryl methyl sites for hydroxylation is 2. The first-order valence-electron chi connectivity index (χ1n) is 9.36. The summed E-state index contributed by atoms with van der Waals surface area (Å²) in [6, 6.07) is 8.55. The molecule has 2 N–H and O–H groups in total. The first-order valence-corrected chi connectivity index (χ1v) is 12.3.